The molecule has 1 N–H and O–H groups in total. The average molecular weight is 292 g/mol. The van der Waals surface area contributed by atoms with Gasteiger partial charge in [0, 0.05) is 11.6 Å². The summed E-state index contributed by atoms with van der Waals surface area (Å²) in [5.41, 5.74) is 2.41. The van der Waals surface area contributed by atoms with Gasteiger partial charge in [0.15, 0.2) is 0 Å². The Labute approximate surface area is 125 Å². The van der Waals surface area contributed by atoms with E-state index >= 15 is 0 Å². The number of aromatic nitrogens is 2. The highest BCUT2D eigenvalue weighted by Crippen LogP contribution is 2.40. The van der Waals surface area contributed by atoms with Crippen LogP contribution >= 0.6 is 11.6 Å². The van der Waals surface area contributed by atoms with Gasteiger partial charge in [0.1, 0.15) is 5.82 Å². The summed E-state index contributed by atoms with van der Waals surface area (Å²) < 4.78 is 2.30. The maximum absolute atomic E-state index is 6.14. The third-order valence-electron chi connectivity index (χ3n) is 4.44. The number of nitrogens with zero attached hydrogens (tertiary/aromatic N) is 2. The molecule has 0 amide bonds. The monoisotopic (exact) mass is 291 g/mol. The molecule has 2 heterocycles. The first-order valence-corrected chi connectivity index (χ1v) is 7.80. The van der Waals surface area contributed by atoms with Crippen molar-refractivity contribution in [1.29, 1.82) is 0 Å². The van der Waals surface area contributed by atoms with Gasteiger partial charge in [0.25, 0.3) is 0 Å². The van der Waals surface area contributed by atoms with Crippen LogP contribution in [0, 0.1) is 5.41 Å². The highest BCUT2D eigenvalue weighted by molar-refractivity contribution is 6.31. The Balaban J connectivity index is 2.15. The Morgan fingerprint density at radius 2 is 2.25 bits per heavy atom. The Hall–Kier alpha value is -1.06. The number of halogens is 1. The molecule has 1 aromatic carbocycles. The van der Waals surface area contributed by atoms with E-state index in [1.807, 2.05) is 18.2 Å². The van der Waals surface area contributed by atoms with Crippen LogP contribution in [0.25, 0.3) is 11.0 Å². The SMILES string of the molecule is CCn1c(C2NCCCC2(C)C)nc2ccc(Cl)cc21. The molecule has 3 nitrogen and oxygen atoms in total. The number of aryl methyl sites for hydroxylation is 1. The van der Waals surface area contributed by atoms with Gasteiger partial charge in [0.05, 0.1) is 17.1 Å². The third-order valence-corrected chi connectivity index (χ3v) is 4.68. The van der Waals surface area contributed by atoms with E-state index in [2.05, 4.69) is 30.7 Å². The van der Waals surface area contributed by atoms with Gasteiger partial charge in [-0.2, -0.15) is 0 Å². The Kier molecular flexibility index (Phi) is 3.51. The van der Waals surface area contributed by atoms with E-state index in [0.29, 0.717) is 6.04 Å². The summed E-state index contributed by atoms with van der Waals surface area (Å²) in [4.78, 5) is 4.89. The molecule has 0 spiro atoms. The molecule has 0 radical (unpaired) electrons. The molecule has 1 unspecified atom stereocenters. The van der Waals surface area contributed by atoms with Crippen LogP contribution in [0.5, 0.6) is 0 Å². The molecular formula is C16H22ClN3. The molecule has 1 aliphatic heterocycles. The van der Waals surface area contributed by atoms with Crippen molar-refractivity contribution >= 4 is 22.6 Å². The predicted molar refractivity (Wildman–Crippen MR) is 84.2 cm³/mol. The van der Waals surface area contributed by atoms with Crippen molar-refractivity contribution in [3.8, 4) is 0 Å². The fourth-order valence-corrected chi connectivity index (χ4v) is 3.49. The topological polar surface area (TPSA) is 29.9 Å². The van der Waals surface area contributed by atoms with Crippen LogP contribution in [0.2, 0.25) is 5.02 Å². The number of nitrogens with one attached hydrogen (secondary N) is 1. The van der Waals surface area contributed by atoms with Gasteiger partial charge in [-0.25, -0.2) is 4.98 Å². The van der Waals surface area contributed by atoms with Crippen LogP contribution in [0.4, 0.5) is 0 Å². The van der Waals surface area contributed by atoms with Gasteiger partial charge in [-0.05, 0) is 49.9 Å². The molecular weight excluding hydrogens is 270 g/mol. The Morgan fingerprint density at radius 3 is 2.95 bits per heavy atom. The number of rotatable bonds is 2. The lowest BCUT2D eigenvalue weighted by Gasteiger charge is -2.39. The van der Waals surface area contributed by atoms with Gasteiger partial charge in [0.2, 0.25) is 0 Å². The molecule has 0 bridgehead atoms. The summed E-state index contributed by atoms with van der Waals surface area (Å²) in [5.74, 6) is 1.15. The van der Waals surface area contributed by atoms with Crippen molar-refractivity contribution in [1.82, 2.24) is 14.9 Å². The summed E-state index contributed by atoms with van der Waals surface area (Å²) in [5, 5.41) is 4.43. The van der Waals surface area contributed by atoms with E-state index in [1.54, 1.807) is 0 Å². The quantitative estimate of drug-likeness (QED) is 0.900. The van der Waals surface area contributed by atoms with Crippen LogP contribution in [-0.2, 0) is 6.54 Å². The summed E-state index contributed by atoms with van der Waals surface area (Å²) in [6.07, 6.45) is 2.47. The molecule has 1 aliphatic rings. The highest BCUT2D eigenvalue weighted by Gasteiger charge is 2.36. The van der Waals surface area contributed by atoms with E-state index in [1.165, 1.54) is 12.8 Å². The van der Waals surface area contributed by atoms with Gasteiger partial charge in [-0.1, -0.05) is 25.4 Å². The lowest BCUT2D eigenvalue weighted by atomic mass is 9.77. The lowest BCUT2D eigenvalue weighted by Crippen LogP contribution is -2.41. The zero-order chi connectivity index (χ0) is 14.3. The maximum Gasteiger partial charge on any atom is 0.127 e. The highest BCUT2D eigenvalue weighted by atomic mass is 35.5. The van der Waals surface area contributed by atoms with Crippen molar-refractivity contribution in [2.24, 2.45) is 5.41 Å². The predicted octanol–water partition coefficient (Wildman–Crippen LogP) is 4.16. The molecule has 0 aliphatic carbocycles. The summed E-state index contributed by atoms with van der Waals surface area (Å²) in [6, 6.07) is 6.26. The molecule has 108 valence electrons. The van der Waals surface area contributed by atoms with E-state index in [4.69, 9.17) is 16.6 Å². The number of piperidine rings is 1. The lowest BCUT2D eigenvalue weighted by molar-refractivity contribution is 0.171. The first kappa shape index (κ1) is 13.9. The minimum absolute atomic E-state index is 0.232. The summed E-state index contributed by atoms with van der Waals surface area (Å²) in [7, 11) is 0. The van der Waals surface area contributed by atoms with Gasteiger partial charge >= 0.3 is 0 Å². The minimum atomic E-state index is 0.232. The van der Waals surface area contributed by atoms with Gasteiger partial charge in [-0.3, -0.25) is 0 Å². The van der Waals surface area contributed by atoms with Crippen LogP contribution in [0.1, 0.15) is 45.5 Å². The van der Waals surface area contributed by atoms with Crippen LogP contribution < -0.4 is 5.32 Å². The summed E-state index contributed by atoms with van der Waals surface area (Å²) >= 11 is 6.14. The average Bonchev–Trinajstić information content (AvgIpc) is 2.75. The van der Waals surface area contributed by atoms with Crippen molar-refractivity contribution in [3.05, 3.63) is 29.0 Å². The second kappa shape index (κ2) is 5.05. The molecule has 1 fully saturated rings. The van der Waals surface area contributed by atoms with E-state index in [9.17, 15) is 0 Å². The smallest absolute Gasteiger partial charge is 0.127 e. The number of hydrogen-bond acceptors (Lipinski definition) is 2. The van der Waals surface area contributed by atoms with E-state index in [-0.39, 0.29) is 5.41 Å². The largest absolute Gasteiger partial charge is 0.327 e. The fourth-order valence-electron chi connectivity index (χ4n) is 3.32. The second-order valence-corrected chi connectivity index (χ2v) is 6.76. The third kappa shape index (κ3) is 2.23. The van der Waals surface area contributed by atoms with Gasteiger partial charge in [-0.15, -0.1) is 0 Å². The fraction of sp³-hybridized carbons (Fsp3) is 0.562. The Bertz CT molecular complexity index is 630. The first-order chi connectivity index (χ1) is 9.53. The molecule has 2 aromatic rings. The number of benzene rings is 1. The van der Waals surface area contributed by atoms with Crippen molar-refractivity contribution < 1.29 is 0 Å². The number of fused-ring (bicyclic) bond motifs is 1. The molecule has 4 heteroatoms. The number of hydrogen-bond donors (Lipinski definition) is 1. The standard InChI is InChI=1S/C16H22ClN3/c1-4-20-13-10-11(17)6-7-12(13)19-15(20)14-16(2,3)8-5-9-18-14/h6-7,10,14,18H,4-5,8-9H2,1-3H3. The molecule has 20 heavy (non-hydrogen) atoms. The van der Waals surface area contributed by atoms with Crippen molar-refractivity contribution in [2.75, 3.05) is 6.54 Å². The Morgan fingerprint density at radius 1 is 1.45 bits per heavy atom. The van der Waals surface area contributed by atoms with Crippen LogP contribution in [0.15, 0.2) is 18.2 Å². The molecule has 3 rings (SSSR count). The van der Waals surface area contributed by atoms with Crippen molar-refractivity contribution in [3.63, 3.8) is 0 Å². The van der Waals surface area contributed by atoms with Gasteiger partial charge < -0.3 is 9.88 Å². The van der Waals surface area contributed by atoms with E-state index < -0.39 is 0 Å². The van der Waals surface area contributed by atoms with Crippen LogP contribution in [0.3, 0.4) is 0 Å². The first-order valence-electron chi connectivity index (χ1n) is 7.42. The molecule has 1 saturated heterocycles. The second-order valence-electron chi connectivity index (χ2n) is 6.33. The van der Waals surface area contributed by atoms with Crippen molar-refractivity contribution in [2.45, 2.75) is 46.2 Å². The molecule has 1 atom stereocenters. The maximum atomic E-state index is 6.14. The van der Waals surface area contributed by atoms with Crippen LogP contribution in [-0.4, -0.2) is 16.1 Å². The molecule has 1 aromatic heterocycles. The zero-order valence-electron chi connectivity index (χ0n) is 12.4. The minimum Gasteiger partial charge on any atom is -0.327 e. The van der Waals surface area contributed by atoms with E-state index in [0.717, 1.165) is 35.0 Å². The number of imidazole rings is 1. The summed E-state index contributed by atoms with van der Waals surface area (Å²) in [6.45, 7) is 8.82. The molecule has 0 saturated carbocycles. The zero-order valence-corrected chi connectivity index (χ0v) is 13.2. The normalized spacial score (nSPS) is 22.3.